The van der Waals surface area contributed by atoms with E-state index in [-0.39, 0.29) is 36.0 Å². The number of rotatable bonds is 9. The highest BCUT2D eigenvalue weighted by Crippen LogP contribution is 2.32. The van der Waals surface area contributed by atoms with Crippen LogP contribution in [0.1, 0.15) is 48.6 Å². The number of ketones is 1. The zero-order valence-electron chi connectivity index (χ0n) is 17.6. The van der Waals surface area contributed by atoms with Crippen LogP contribution in [0.5, 0.6) is 11.5 Å². The molecule has 0 aliphatic carbocycles. The summed E-state index contributed by atoms with van der Waals surface area (Å²) in [6.45, 7) is 6.85. The lowest BCUT2D eigenvalue weighted by Gasteiger charge is -2.16. The molecule has 8 heteroatoms. The van der Waals surface area contributed by atoms with Crippen molar-refractivity contribution < 1.29 is 32.0 Å². The van der Waals surface area contributed by atoms with Gasteiger partial charge in [-0.25, -0.2) is 0 Å². The lowest BCUT2D eigenvalue weighted by atomic mass is 9.91. The van der Waals surface area contributed by atoms with E-state index in [4.69, 9.17) is 9.26 Å². The molecule has 1 aromatic heterocycles. The Hall–Kier alpha value is -3.55. The van der Waals surface area contributed by atoms with Gasteiger partial charge in [0.05, 0.1) is 5.69 Å². The summed E-state index contributed by atoms with van der Waals surface area (Å²) >= 11 is 0. The highest BCUT2D eigenvalue weighted by molar-refractivity contribution is 5.77. The number of hydrogen-bond acceptors (Lipinski definition) is 5. The predicted octanol–water partition coefficient (Wildman–Crippen LogP) is 6.30. The van der Waals surface area contributed by atoms with Crippen LogP contribution in [0.4, 0.5) is 13.2 Å². The van der Waals surface area contributed by atoms with Crippen molar-refractivity contribution in [1.29, 1.82) is 0 Å². The molecule has 0 N–H and O–H groups in total. The van der Waals surface area contributed by atoms with E-state index in [2.05, 4.69) is 16.5 Å². The Labute approximate surface area is 183 Å². The summed E-state index contributed by atoms with van der Waals surface area (Å²) in [4.78, 5) is 11.7. The van der Waals surface area contributed by atoms with E-state index < -0.39 is 6.36 Å². The summed E-state index contributed by atoms with van der Waals surface area (Å²) < 4.78 is 53.0. The van der Waals surface area contributed by atoms with E-state index >= 15 is 0 Å². The zero-order chi connectivity index (χ0) is 23.3. The van der Waals surface area contributed by atoms with Gasteiger partial charge in [0.15, 0.2) is 0 Å². The van der Waals surface area contributed by atoms with Crippen molar-refractivity contribution in [2.24, 2.45) is 0 Å². The van der Waals surface area contributed by atoms with Gasteiger partial charge in [0.2, 0.25) is 0 Å². The molecule has 0 unspecified atom stereocenters. The average molecular weight is 445 g/mol. The van der Waals surface area contributed by atoms with Gasteiger partial charge in [-0.1, -0.05) is 36.0 Å². The molecular formula is C24H22F3NO4. The quantitative estimate of drug-likeness (QED) is 0.387. The predicted molar refractivity (Wildman–Crippen MR) is 112 cm³/mol. The molecule has 0 radical (unpaired) electrons. The molecular weight excluding hydrogens is 423 g/mol. The summed E-state index contributed by atoms with van der Waals surface area (Å²) in [5, 5.41) is 3.94. The average Bonchev–Trinajstić information content (AvgIpc) is 3.24. The third-order valence-electron chi connectivity index (χ3n) is 4.73. The number of halogens is 3. The fraction of sp³-hybridized carbons (Fsp3) is 0.250. The van der Waals surface area contributed by atoms with E-state index in [1.807, 2.05) is 12.1 Å². The Balaban J connectivity index is 1.73. The van der Waals surface area contributed by atoms with Crippen LogP contribution in [-0.4, -0.2) is 17.3 Å². The van der Waals surface area contributed by atoms with Gasteiger partial charge >= 0.3 is 6.36 Å². The molecule has 3 rings (SSSR count). The summed E-state index contributed by atoms with van der Waals surface area (Å²) in [6.07, 6.45) is -3.07. The lowest BCUT2D eigenvalue weighted by molar-refractivity contribution is -0.274. The van der Waals surface area contributed by atoms with Crippen LogP contribution < -0.4 is 9.47 Å². The molecule has 0 spiro atoms. The van der Waals surface area contributed by atoms with E-state index in [0.29, 0.717) is 22.6 Å². The maximum atomic E-state index is 12.7. The third kappa shape index (κ3) is 6.23. The second kappa shape index (κ2) is 9.72. The summed E-state index contributed by atoms with van der Waals surface area (Å²) in [5.41, 5.74) is 2.77. The first-order valence-corrected chi connectivity index (χ1v) is 9.79. The van der Waals surface area contributed by atoms with Crippen molar-refractivity contribution in [3.63, 3.8) is 0 Å². The molecule has 0 saturated heterocycles. The van der Waals surface area contributed by atoms with Crippen molar-refractivity contribution in [3.05, 3.63) is 83.8 Å². The smallest absolute Gasteiger partial charge is 0.489 e. The minimum absolute atomic E-state index is 0.0217. The minimum Gasteiger partial charge on any atom is -0.489 e. The SMILES string of the molecule is C=C(C)c1ccc(COc2ccc([C@H](CC(C)=O)c3ccon3)cc2)cc1OC(F)(F)F. The van der Waals surface area contributed by atoms with E-state index in [1.54, 1.807) is 31.2 Å². The number of hydrogen-bond donors (Lipinski definition) is 0. The third-order valence-corrected chi connectivity index (χ3v) is 4.73. The normalized spacial score (nSPS) is 12.3. The summed E-state index contributed by atoms with van der Waals surface area (Å²) in [6, 6.07) is 13.3. The van der Waals surface area contributed by atoms with Crippen LogP contribution in [0.25, 0.3) is 5.57 Å². The monoisotopic (exact) mass is 445 g/mol. The standard InChI is InChI=1S/C24H22F3NO4/c1-15(2)20-9-4-17(13-23(20)32-24(25,26)27)14-30-19-7-5-18(6-8-19)21(12-16(3)29)22-10-11-31-28-22/h4-11,13,21H,1,12,14H2,2-3H3/t21-/m0/s1. The van der Waals surface area contributed by atoms with Crippen LogP contribution in [-0.2, 0) is 11.4 Å². The number of aromatic nitrogens is 1. The van der Waals surface area contributed by atoms with Crippen LogP contribution in [0, 0.1) is 0 Å². The van der Waals surface area contributed by atoms with Gasteiger partial charge in [-0.15, -0.1) is 13.2 Å². The van der Waals surface area contributed by atoms with E-state index in [1.165, 1.54) is 25.3 Å². The molecule has 0 amide bonds. The maximum absolute atomic E-state index is 12.7. The van der Waals surface area contributed by atoms with Crippen molar-refractivity contribution in [1.82, 2.24) is 5.16 Å². The van der Waals surface area contributed by atoms with Crippen LogP contribution in [0.3, 0.4) is 0 Å². The number of benzene rings is 2. The minimum atomic E-state index is -4.81. The molecule has 32 heavy (non-hydrogen) atoms. The first-order valence-electron chi connectivity index (χ1n) is 9.79. The number of alkyl halides is 3. The van der Waals surface area contributed by atoms with Gasteiger partial charge in [-0.2, -0.15) is 0 Å². The molecule has 2 aromatic carbocycles. The molecule has 0 bridgehead atoms. The number of allylic oxidation sites excluding steroid dienone is 1. The first kappa shape index (κ1) is 23.1. The number of Topliss-reactive ketones (excluding diaryl/α,β-unsaturated/α-hetero) is 1. The van der Waals surface area contributed by atoms with Crippen molar-refractivity contribution >= 4 is 11.4 Å². The van der Waals surface area contributed by atoms with Gasteiger partial charge in [-0.05, 0) is 48.7 Å². The van der Waals surface area contributed by atoms with Crippen LogP contribution in [0.15, 0.2) is 65.9 Å². The first-order chi connectivity index (χ1) is 15.1. The van der Waals surface area contributed by atoms with E-state index in [0.717, 1.165) is 5.56 Å². The fourth-order valence-corrected chi connectivity index (χ4v) is 3.26. The van der Waals surface area contributed by atoms with Gasteiger partial charge in [0, 0.05) is 24.0 Å². The van der Waals surface area contributed by atoms with E-state index in [9.17, 15) is 18.0 Å². The zero-order valence-corrected chi connectivity index (χ0v) is 17.6. The fourth-order valence-electron chi connectivity index (χ4n) is 3.26. The van der Waals surface area contributed by atoms with Crippen molar-refractivity contribution in [2.45, 2.75) is 39.2 Å². The van der Waals surface area contributed by atoms with Crippen LogP contribution in [0.2, 0.25) is 0 Å². The topological polar surface area (TPSA) is 61.6 Å². The number of nitrogens with zero attached hydrogens (tertiary/aromatic N) is 1. The Bertz CT molecular complexity index is 1070. The molecule has 3 aromatic rings. The Morgan fingerprint density at radius 2 is 1.84 bits per heavy atom. The molecule has 1 heterocycles. The van der Waals surface area contributed by atoms with Crippen molar-refractivity contribution in [3.8, 4) is 11.5 Å². The van der Waals surface area contributed by atoms with Gasteiger partial charge in [-0.3, -0.25) is 4.79 Å². The van der Waals surface area contributed by atoms with Gasteiger partial charge in [0.25, 0.3) is 0 Å². The second-order valence-corrected chi connectivity index (χ2v) is 7.40. The number of carbonyl (C=O) groups is 1. The highest BCUT2D eigenvalue weighted by atomic mass is 19.4. The molecule has 1 atom stereocenters. The molecule has 0 saturated carbocycles. The summed E-state index contributed by atoms with van der Waals surface area (Å²) in [5.74, 6) is -0.00985. The number of ether oxygens (including phenoxy) is 2. The van der Waals surface area contributed by atoms with Gasteiger partial charge in [0.1, 0.15) is 30.2 Å². The van der Waals surface area contributed by atoms with Crippen LogP contribution >= 0.6 is 0 Å². The lowest BCUT2D eigenvalue weighted by Crippen LogP contribution is -2.18. The highest BCUT2D eigenvalue weighted by Gasteiger charge is 2.32. The molecule has 0 fully saturated rings. The largest absolute Gasteiger partial charge is 0.573 e. The molecule has 0 aliphatic heterocycles. The Kier molecular flexibility index (Phi) is 7.02. The molecule has 0 aliphatic rings. The number of carbonyl (C=O) groups excluding carboxylic acids is 1. The van der Waals surface area contributed by atoms with Crippen molar-refractivity contribution in [2.75, 3.05) is 0 Å². The molecule has 168 valence electrons. The summed E-state index contributed by atoms with van der Waals surface area (Å²) in [7, 11) is 0. The maximum Gasteiger partial charge on any atom is 0.573 e. The Morgan fingerprint density at radius 3 is 2.41 bits per heavy atom. The molecule has 5 nitrogen and oxygen atoms in total. The van der Waals surface area contributed by atoms with Gasteiger partial charge < -0.3 is 14.0 Å². The second-order valence-electron chi connectivity index (χ2n) is 7.40. The Morgan fingerprint density at radius 1 is 1.12 bits per heavy atom.